The van der Waals surface area contributed by atoms with Crippen LogP contribution in [0.5, 0.6) is 0 Å². The number of nitro benzene ring substituents is 1. The van der Waals surface area contributed by atoms with Crippen LogP contribution in [0.4, 0.5) is 5.69 Å². The maximum absolute atomic E-state index is 13.2. The van der Waals surface area contributed by atoms with Crippen molar-refractivity contribution in [2.24, 2.45) is 11.7 Å². The van der Waals surface area contributed by atoms with E-state index in [2.05, 4.69) is 0 Å². The third kappa shape index (κ3) is 4.68. The predicted octanol–water partition coefficient (Wildman–Crippen LogP) is 3.09. The van der Waals surface area contributed by atoms with Crippen molar-refractivity contribution < 1.29 is 23.7 Å². The Morgan fingerprint density at radius 2 is 1.97 bits per heavy atom. The highest BCUT2D eigenvalue weighted by Gasteiger charge is 2.42. The molecule has 1 heterocycles. The molecule has 0 fully saturated rings. The molecule has 0 amide bonds. The van der Waals surface area contributed by atoms with E-state index in [4.69, 9.17) is 14.9 Å². The number of rotatable bonds is 8. The molecule has 9 heteroatoms. The lowest BCUT2D eigenvalue weighted by molar-refractivity contribution is -0.384. The molecular formula is C20H19N3O6. The summed E-state index contributed by atoms with van der Waals surface area (Å²) in [6.45, 7) is 3.08. The number of nitrogens with two attached hydrogens (primary N) is 1. The molecule has 2 unspecified atom stereocenters. The van der Waals surface area contributed by atoms with Crippen molar-refractivity contribution >= 4 is 17.4 Å². The molecule has 0 aliphatic rings. The molecule has 150 valence electrons. The molecule has 0 saturated heterocycles. The summed E-state index contributed by atoms with van der Waals surface area (Å²) in [4.78, 5) is 36.2. The highest BCUT2D eigenvalue weighted by atomic mass is 16.6. The van der Waals surface area contributed by atoms with Gasteiger partial charge in [-0.05, 0) is 38.1 Å². The molecule has 0 aliphatic carbocycles. The molecular weight excluding hydrogens is 378 g/mol. The number of non-ortho nitro benzene ring substituents is 1. The van der Waals surface area contributed by atoms with Crippen molar-refractivity contribution in [2.75, 3.05) is 6.61 Å². The molecule has 0 aliphatic heterocycles. The van der Waals surface area contributed by atoms with Gasteiger partial charge in [-0.3, -0.25) is 19.7 Å². The summed E-state index contributed by atoms with van der Waals surface area (Å²) in [5.41, 5.74) is 5.80. The quantitative estimate of drug-likeness (QED) is 0.178. The highest BCUT2D eigenvalue weighted by Crippen LogP contribution is 2.36. The van der Waals surface area contributed by atoms with E-state index in [1.165, 1.54) is 31.4 Å². The maximum Gasteiger partial charge on any atom is 0.317 e. The van der Waals surface area contributed by atoms with Gasteiger partial charge in [-0.15, -0.1) is 0 Å². The van der Waals surface area contributed by atoms with Crippen LogP contribution >= 0.6 is 0 Å². The van der Waals surface area contributed by atoms with Crippen LogP contribution in [0.3, 0.4) is 0 Å². The van der Waals surface area contributed by atoms with Gasteiger partial charge in [0.1, 0.15) is 11.7 Å². The molecule has 2 aromatic rings. The molecule has 1 aromatic heterocycles. The number of ketones is 1. The number of hydrogen-bond donors (Lipinski definition) is 1. The van der Waals surface area contributed by atoms with Gasteiger partial charge in [0.15, 0.2) is 5.78 Å². The minimum Gasteiger partial charge on any atom is -0.469 e. The van der Waals surface area contributed by atoms with E-state index in [9.17, 15) is 25.0 Å². The van der Waals surface area contributed by atoms with E-state index in [-0.39, 0.29) is 34.9 Å². The normalized spacial score (nSPS) is 13.6. The molecule has 1 aromatic carbocycles. The third-order valence-corrected chi connectivity index (χ3v) is 4.22. The van der Waals surface area contributed by atoms with Gasteiger partial charge in [0.25, 0.3) is 5.69 Å². The van der Waals surface area contributed by atoms with Crippen molar-refractivity contribution in [1.29, 1.82) is 5.26 Å². The predicted molar refractivity (Wildman–Crippen MR) is 101 cm³/mol. The minimum atomic E-state index is -1.46. The Bertz CT molecular complexity index is 967. The SMILES string of the molecule is CCOC(=O)C(C(=O)c1ccc([N+](=O)[O-])cc1)C(/C(C#N)=C(\C)N)c1ccco1. The van der Waals surface area contributed by atoms with Crippen molar-refractivity contribution in [3.05, 3.63) is 75.4 Å². The lowest BCUT2D eigenvalue weighted by atomic mass is 9.79. The van der Waals surface area contributed by atoms with Gasteiger partial charge in [0.2, 0.25) is 0 Å². The Kier molecular flexibility index (Phi) is 6.87. The summed E-state index contributed by atoms with van der Waals surface area (Å²) < 4.78 is 10.5. The Morgan fingerprint density at radius 3 is 2.41 bits per heavy atom. The smallest absolute Gasteiger partial charge is 0.317 e. The minimum absolute atomic E-state index is 0.00624. The lowest BCUT2D eigenvalue weighted by Crippen LogP contribution is -2.33. The number of nitriles is 1. The van der Waals surface area contributed by atoms with Crippen LogP contribution < -0.4 is 5.73 Å². The molecule has 29 heavy (non-hydrogen) atoms. The van der Waals surface area contributed by atoms with Crippen LogP contribution in [-0.4, -0.2) is 23.3 Å². The van der Waals surface area contributed by atoms with E-state index in [1.807, 2.05) is 6.07 Å². The van der Waals surface area contributed by atoms with Gasteiger partial charge < -0.3 is 14.9 Å². The Hall–Kier alpha value is -3.93. The van der Waals surface area contributed by atoms with Crippen molar-refractivity contribution in [1.82, 2.24) is 0 Å². The largest absolute Gasteiger partial charge is 0.469 e. The average Bonchev–Trinajstić information content (AvgIpc) is 3.22. The second-order valence-electron chi connectivity index (χ2n) is 6.10. The zero-order valence-corrected chi connectivity index (χ0v) is 15.8. The third-order valence-electron chi connectivity index (χ3n) is 4.22. The Balaban J connectivity index is 2.62. The van der Waals surface area contributed by atoms with E-state index < -0.39 is 28.5 Å². The zero-order valence-electron chi connectivity index (χ0n) is 15.8. The fourth-order valence-electron chi connectivity index (χ4n) is 2.90. The molecule has 2 atom stereocenters. The summed E-state index contributed by atoms with van der Waals surface area (Å²) >= 11 is 0. The number of ether oxygens (including phenoxy) is 1. The summed E-state index contributed by atoms with van der Waals surface area (Å²) in [6.07, 6.45) is 1.35. The maximum atomic E-state index is 13.2. The number of hydrogen-bond acceptors (Lipinski definition) is 8. The van der Waals surface area contributed by atoms with Gasteiger partial charge in [0, 0.05) is 23.4 Å². The number of carbonyl (C=O) groups is 2. The zero-order chi connectivity index (χ0) is 21.6. The molecule has 0 radical (unpaired) electrons. The van der Waals surface area contributed by atoms with Crippen molar-refractivity contribution in [3.8, 4) is 6.07 Å². The second-order valence-corrected chi connectivity index (χ2v) is 6.10. The first-order valence-electron chi connectivity index (χ1n) is 8.66. The van der Waals surface area contributed by atoms with E-state index in [0.717, 1.165) is 12.1 Å². The van der Waals surface area contributed by atoms with Crippen molar-refractivity contribution in [2.45, 2.75) is 19.8 Å². The first-order valence-corrected chi connectivity index (χ1v) is 8.66. The van der Waals surface area contributed by atoms with Gasteiger partial charge in [-0.1, -0.05) is 0 Å². The molecule has 0 spiro atoms. The van der Waals surface area contributed by atoms with Crippen LogP contribution in [0.1, 0.15) is 35.9 Å². The number of allylic oxidation sites excluding steroid dienone is 2. The summed E-state index contributed by atoms with van der Waals surface area (Å²) in [5.74, 6) is -3.91. The van der Waals surface area contributed by atoms with E-state index >= 15 is 0 Å². The number of nitrogens with zero attached hydrogens (tertiary/aromatic N) is 2. The standard InChI is InChI=1S/C20H19N3O6/c1-3-28-20(25)18(19(24)13-6-8-14(9-7-13)23(26)27)17(15(11-21)12(2)22)16-5-4-10-29-16/h4-10,17-18H,3,22H2,1-2H3/b15-12+. The fourth-order valence-corrected chi connectivity index (χ4v) is 2.90. The average molecular weight is 397 g/mol. The lowest BCUT2D eigenvalue weighted by Gasteiger charge is -2.23. The Morgan fingerprint density at radius 1 is 1.31 bits per heavy atom. The number of Topliss-reactive ketones (excluding diaryl/α,β-unsaturated/α-hetero) is 1. The highest BCUT2D eigenvalue weighted by molar-refractivity contribution is 6.09. The first kappa shape index (κ1) is 21.4. The second kappa shape index (κ2) is 9.32. The number of furan rings is 1. The number of benzene rings is 1. The first-order chi connectivity index (χ1) is 13.8. The van der Waals surface area contributed by atoms with Gasteiger partial charge in [-0.2, -0.15) is 5.26 Å². The van der Waals surface area contributed by atoms with Gasteiger partial charge >= 0.3 is 5.97 Å². The van der Waals surface area contributed by atoms with Crippen LogP contribution in [0.2, 0.25) is 0 Å². The van der Waals surface area contributed by atoms with Crippen molar-refractivity contribution in [3.63, 3.8) is 0 Å². The Labute approximate surface area is 166 Å². The van der Waals surface area contributed by atoms with Crippen LogP contribution in [-0.2, 0) is 9.53 Å². The van der Waals surface area contributed by atoms with E-state index in [1.54, 1.807) is 13.0 Å². The molecule has 2 rings (SSSR count). The molecule has 0 saturated carbocycles. The number of carbonyl (C=O) groups excluding carboxylic acids is 2. The molecule has 9 nitrogen and oxygen atoms in total. The van der Waals surface area contributed by atoms with Crippen LogP contribution in [0, 0.1) is 27.4 Å². The van der Waals surface area contributed by atoms with E-state index in [0.29, 0.717) is 0 Å². The topological polar surface area (TPSA) is 149 Å². The molecule has 0 bridgehead atoms. The van der Waals surface area contributed by atoms with Gasteiger partial charge in [0.05, 0.1) is 35.4 Å². The monoisotopic (exact) mass is 397 g/mol. The summed E-state index contributed by atoms with van der Waals surface area (Å²) in [6, 6.07) is 9.84. The summed E-state index contributed by atoms with van der Waals surface area (Å²) in [5, 5.41) is 20.5. The van der Waals surface area contributed by atoms with Crippen LogP contribution in [0.15, 0.2) is 58.3 Å². The number of nitro groups is 1. The van der Waals surface area contributed by atoms with Gasteiger partial charge in [-0.25, -0.2) is 0 Å². The molecule has 2 N–H and O–H groups in total. The fraction of sp³-hybridized carbons (Fsp3) is 0.250. The summed E-state index contributed by atoms with van der Waals surface area (Å²) in [7, 11) is 0. The number of esters is 1. The van der Waals surface area contributed by atoms with Crippen LogP contribution in [0.25, 0.3) is 0 Å².